The number of carbonyl (C=O) groups excluding carboxylic acids is 3. The Bertz CT molecular complexity index is 949. The Hall–Kier alpha value is -3.43. The van der Waals surface area contributed by atoms with Gasteiger partial charge in [0.1, 0.15) is 6.61 Å². The zero-order valence-corrected chi connectivity index (χ0v) is 19.4. The highest BCUT2D eigenvalue weighted by Crippen LogP contribution is 2.44. The van der Waals surface area contributed by atoms with Crippen molar-refractivity contribution in [2.24, 2.45) is 0 Å². The molecule has 0 fully saturated rings. The minimum absolute atomic E-state index is 0.0119. The summed E-state index contributed by atoms with van der Waals surface area (Å²) in [5, 5.41) is 5.13. The van der Waals surface area contributed by atoms with Gasteiger partial charge in [0.15, 0.2) is 6.04 Å². The molecular weight excluding hydrogens is 440 g/mol. The lowest BCUT2D eigenvalue weighted by atomic mass is 9.98. The van der Waals surface area contributed by atoms with Gasteiger partial charge < -0.3 is 29.6 Å². The van der Waals surface area contributed by atoms with Gasteiger partial charge in [-0.05, 0) is 22.3 Å². The summed E-state index contributed by atoms with van der Waals surface area (Å²) >= 11 is 0. The molecule has 1 aliphatic carbocycles. The number of carbonyl (C=O) groups is 3. The third-order valence-corrected chi connectivity index (χ3v) is 5.38. The molecule has 3 rings (SSSR count). The van der Waals surface area contributed by atoms with Crippen molar-refractivity contribution in [2.75, 3.05) is 46.7 Å². The van der Waals surface area contributed by atoms with Gasteiger partial charge in [-0.15, -0.1) is 0 Å². The Morgan fingerprint density at radius 3 is 2.15 bits per heavy atom. The average molecular weight is 471 g/mol. The molecule has 1 aliphatic rings. The molecule has 182 valence electrons. The number of amides is 2. The number of hydrogen-bond donors (Lipinski definition) is 2. The van der Waals surface area contributed by atoms with Crippen LogP contribution in [0.5, 0.6) is 0 Å². The van der Waals surface area contributed by atoms with Crippen LogP contribution in [0.1, 0.15) is 24.0 Å². The normalized spacial score (nSPS) is 12.9. The summed E-state index contributed by atoms with van der Waals surface area (Å²) in [4.78, 5) is 34.8. The molecule has 34 heavy (non-hydrogen) atoms. The standard InChI is InChI=1S/C25H30N2O7/c1-17(28)27-23(24(29)31-2)16-33-14-13-32-12-11-26-25(30)34-15-22-20-9-5-3-7-18(20)19-8-4-6-10-21(19)22/h3-10,22-23H,11-16H2,1-2H3,(H,26,30)(H,27,28). The molecule has 2 N–H and O–H groups in total. The smallest absolute Gasteiger partial charge is 0.407 e. The monoisotopic (exact) mass is 470 g/mol. The first-order valence-electron chi connectivity index (χ1n) is 11.1. The fraction of sp³-hybridized carbons (Fsp3) is 0.400. The van der Waals surface area contributed by atoms with Crippen LogP contribution in [0.4, 0.5) is 4.79 Å². The van der Waals surface area contributed by atoms with Crippen LogP contribution in [0, 0.1) is 0 Å². The van der Waals surface area contributed by atoms with E-state index >= 15 is 0 Å². The molecule has 1 unspecified atom stereocenters. The zero-order valence-electron chi connectivity index (χ0n) is 19.4. The summed E-state index contributed by atoms with van der Waals surface area (Å²) < 4.78 is 20.8. The third-order valence-electron chi connectivity index (χ3n) is 5.38. The second-order valence-corrected chi connectivity index (χ2v) is 7.72. The lowest BCUT2D eigenvalue weighted by molar-refractivity contribution is -0.146. The summed E-state index contributed by atoms with van der Waals surface area (Å²) in [6.07, 6.45) is -0.502. The van der Waals surface area contributed by atoms with E-state index < -0.39 is 18.1 Å². The van der Waals surface area contributed by atoms with Crippen LogP contribution < -0.4 is 10.6 Å². The molecule has 2 aromatic carbocycles. The highest BCUT2D eigenvalue weighted by Gasteiger charge is 2.29. The lowest BCUT2D eigenvalue weighted by Gasteiger charge is -2.15. The summed E-state index contributed by atoms with van der Waals surface area (Å²) in [5.41, 5.74) is 4.68. The van der Waals surface area contributed by atoms with Crippen molar-refractivity contribution in [3.05, 3.63) is 59.7 Å². The fourth-order valence-corrected chi connectivity index (χ4v) is 3.85. The van der Waals surface area contributed by atoms with Crippen LogP contribution in [0.2, 0.25) is 0 Å². The molecule has 0 bridgehead atoms. The summed E-state index contributed by atoms with van der Waals surface area (Å²) in [6, 6.07) is 15.5. The molecular formula is C25H30N2O7. The number of benzene rings is 2. The van der Waals surface area contributed by atoms with Gasteiger partial charge in [-0.3, -0.25) is 4.79 Å². The Morgan fingerprint density at radius 1 is 0.912 bits per heavy atom. The molecule has 0 aliphatic heterocycles. The number of hydrogen-bond acceptors (Lipinski definition) is 7. The van der Waals surface area contributed by atoms with E-state index in [0.29, 0.717) is 0 Å². The Labute approximate surface area is 198 Å². The van der Waals surface area contributed by atoms with Crippen LogP contribution in [-0.2, 0) is 28.5 Å². The first-order chi connectivity index (χ1) is 16.5. The first kappa shape index (κ1) is 25.2. The molecule has 0 saturated heterocycles. The summed E-state index contributed by atoms with van der Waals surface area (Å²) in [5.74, 6) is -0.921. The Kier molecular flexibility index (Phi) is 9.42. The van der Waals surface area contributed by atoms with E-state index in [2.05, 4.69) is 39.6 Å². The quantitative estimate of drug-likeness (QED) is 0.361. The number of methoxy groups -OCH3 is 1. The van der Waals surface area contributed by atoms with Crippen molar-refractivity contribution in [1.82, 2.24) is 10.6 Å². The Morgan fingerprint density at radius 2 is 1.53 bits per heavy atom. The summed E-state index contributed by atoms with van der Waals surface area (Å²) in [6.45, 7) is 2.59. The van der Waals surface area contributed by atoms with Crippen molar-refractivity contribution in [2.45, 2.75) is 18.9 Å². The van der Waals surface area contributed by atoms with Gasteiger partial charge in [0.05, 0.1) is 33.5 Å². The van der Waals surface area contributed by atoms with E-state index in [1.807, 2.05) is 24.3 Å². The summed E-state index contributed by atoms with van der Waals surface area (Å²) in [7, 11) is 1.24. The van der Waals surface area contributed by atoms with Gasteiger partial charge in [0, 0.05) is 19.4 Å². The molecule has 2 amide bonds. The van der Waals surface area contributed by atoms with E-state index in [1.165, 1.54) is 25.2 Å². The van der Waals surface area contributed by atoms with Gasteiger partial charge in [0.2, 0.25) is 5.91 Å². The highest BCUT2D eigenvalue weighted by atomic mass is 16.6. The molecule has 0 radical (unpaired) electrons. The fourth-order valence-electron chi connectivity index (χ4n) is 3.85. The van der Waals surface area contributed by atoms with Gasteiger partial charge in [-0.25, -0.2) is 9.59 Å². The van der Waals surface area contributed by atoms with Crippen LogP contribution in [0.25, 0.3) is 11.1 Å². The van der Waals surface area contributed by atoms with Crippen LogP contribution in [0.3, 0.4) is 0 Å². The maximum atomic E-state index is 12.1. The van der Waals surface area contributed by atoms with Gasteiger partial charge in [-0.1, -0.05) is 48.5 Å². The lowest BCUT2D eigenvalue weighted by Crippen LogP contribution is -2.44. The van der Waals surface area contributed by atoms with E-state index in [1.54, 1.807) is 0 Å². The van der Waals surface area contributed by atoms with Crippen molar-refractivity contribution < 1.29 is 33.3 Å². The predicted molar refractivity (Wildman–Crippen MR) is 124 cm³/mol. The maximum Gasteiger partial charge on any atom is 0.407 e. The second kappa shape index (κ2) is 12.7. The number of ether oxygens (including phenoxy) is 4. The number of rotatable bonds is 12. The van der Waals surface area contributed by atoms with E-state index in [4.69, 9.17) is 14.2 Å². The van der Waals surface area contributed by atoms with Crippen molar-refractivity contribution in [3.63, 3.8) is 0 Å². The third kappa shape index (κ3) is 6.79. The van der Waals surface area contributed by atoms with Crippen molar-refractivity contribution in [1.29, 1.82) is 0 Å². The van der Waals surface area contributed by atoms with E-state index in [0.717, 1.165) is 11.1 Å². The van der Waals surface area contributed by atoms with Gasteiger partial charge in [0.25, 0.3) is 0 Å². The van der Waals surface area contributed by atoms with Crippen molar-refractivity contribution in [3.8, 4) is 11.1 Å². The molecule has 0 aromatic heterocycles. The van der Waals surface area contributed by atoms with Crippen LogP contribution >= 0.6 is 0 Å². The average Bonchev–Trinajstić information content (AvgIpc) is 3.16. The second-order valence-electron chi connectivity index (χ2n) is 7.72. The number of fused-ring (bicyclic) bond motifs is 3. The number of esters is 1. The minimum atomic E-state index is -0.863. The molecule has 0 saturated carbocycles. The first-order valence-corrected chi connectivity index (χ1v) is 11.1. The van der Waals surface area contributed by atoms with Crippen LogP contribution in [-0.4, -0.2) is 70.7 Å². The Balaban J connectivity index is 1.30. The van der Waals surface area contributed by atoms with E-state index in [9.17, 15) is 14.4 Å². The number of nitrogens with one attached hydrogen (secondary N) is 2. The molecule has 9 heteroatoms. The predicted octanol–water partition coefficient (Wildman–Crippen LogP) is 2.24. The SMILES string of the molecule is COC(=O)C(COCCOCCNC(=O)OCC1c2ccccc2-c2ccccc21)NC(C)=O. The molecule has 1 atom stereocenters. The van der Waals surface area contributed by atoms with Gasteiger partial charge >= 0.3 is 12.1 Å². The number of alkyl carbamates (subject to hydrolysis) is 1. The largest absolute Gasteiger partial charge is 0.467 e. The zero-order chi connectivity index (χ0) is 24.3. The molecule has 2 aromatic rings. The van der Waals surface area contributed by atoms with Gasteiger partial charge in [-0.2, -0.15) is 0 Å². The minimum Gasteiger partial charge on any atom is -0.467 e. The van der Waals surface area contributed by atoms with Crippen molar-refractivity contribution >= 4 is 18.0 Å². The van der Waals surface area contributed by atoms with E-state index in [-0.39, 0.29) is 51.4 Å². The topological polar surface area (TPSA) is 112 Å². The molecule has 0 heterocycles. The maximum absolute atomic E-state index is 12.1. The molecule has 9 nitrogen and oxygen atoms in total. The van der Waals surface area contributed by atoms with Crippen LogP contribution in [0.15, 0.2) is 48.5 Å². The molecule has 0 spiro atoms. The highest BCUT2D eigenvalue weighted by molar-refractivity contribution is 5.83.